The van der Waals surface area contributed by atoms with E-state index in [0.29, 0.717) is 17.9 Å². The second kappa shape index (κ2) is 6.48. The molecule has 7 heteroatoms. The van der Waals surface area contributed by atoms with Gasteiger partial charge in [0.2, 0.25) is 0 Å². The number of nitrogens with one attached hydrogen (secondary N) is 3. The zero-order chi connectivity index (χ0) is 13.5. The molecule has 0 aromatic carbocycles. The first-order valence-electron chi connectivity index (χ1n) is 6.06. The van der Waals surface area contributed by atoms with Crippen molar-refractivity contribution in [2.24, 2.45) is 0 Å². The molecule has 2 aromatic heterocycles. The molecule has 19 heavy (non-hydrogen) atoms. The van der Waals surface area contributed by atoms with Crippen molar-refractivity contribution in [1.82, 2.24) is 25.5 Å². The highest BCUT2D eigenvalue weighted by Gasteiger charge is 2.10. The fourth-order valence-electron chi connectivity index (χ4n) is 1.69. The van der Waals surface area contributed by atoms with E-state index in [1.54, 1.807) is 25.4 Å². The quantitative estimate of drug-likeness (QED) is 0.661. The van der Waals surface area contributed by atoms with E-state index >= 15 is 0 Å². The van der Waals surface area contributed by atoms with Crippen molar-refractivity contribution in [3.05, 3.63) is 36.0 Å². The van der Waals surface area contributed by atoms with Gasteiger partial charge in [-0.05, 0) is 18.6 Å². The first-order valence-corrected chi connectivity index (χ1v) is 6.06. The molecule has 0 saturated heterocycles. The monoisotopic (exact) mass is 260 g/mol. The number of carbonyl (C=O) groups excluding carboxylic acids is 1. The number of hydrogen-bond donors (Lipinski definition) is 3. The van der Waals surface area contributed by atoms with Crippen LogP contribution < -0.4 is 10.6 Å². The van der Waals surface area contributed by atoms with E-state index in [9.17, 15) is 4.79 Å². The van der Waals surface area contributed by atoms with Gasteiger partial charge in [0.05, 0.1) is 5.56 Å². The van der Waals surface area contributed by atoms with Crippen LogP contribution in [0.25, 0.3) is 0 Å². The maximum Gasteiger partial charge on any atom is 0.255 e. The standard InChI is InChI=1S/C12H16N6O/c1-13-11-9(4-2-6-14-11)12(19)15-7-3-5-10-16-8-17-18-10/h2,4,6,8H,3,5,7H2,1H3,(H,13,14)(H,15,19)(H,16,17,18). The lowest BCUT2D eigenvalue weighted by Gasteiger charge is -2.08. The highest BCUT2D eigenvalue weighted by Crippen LogP contribution is 2.09. The predicted molar refractivity (Wildman–Crippen MR) is 70.8 cm³/mol. The second-order valence-electron chi connectivity index (χ2n) is 3.94. The molecule has 0 aliphatic rings. The van der Waals surface area contributed by atoms with Crippen LogP contribution in [0.1, 0.15) is 22.6 Å². The van der Waals surface area contributed by atoms with Gasteiger partial charge in [-0.2, -0.15) is 5.10 Å². The molecule has 1 amide bonds. The van der Waals surface area contributed by atoms with Crippen LogP contribution in [0.2, 0.25) is 0 Å². The third-order valence-corrected chi connectivity index (χ3v) is 2.63. The molecule has 2 aromatic rings. The molecular weight excluding hydrogens is 244 g/mol. The number of pyridine rings is 1. The van der Waals surface area contributed by atoms with Crippen LogP contribution >= 0.6 is 0 Å². The van der Waals surface area contributed by atoms with Crippen LogP contribution in [0.15, 0.2) is 24.7 Å². The molecule has 0 spiro atoms. The van der Waals surface area contributed by atoms with Crippen LogP contribution in [0.5, 0.6) is 0 Å². The van der Waals surface area contributed by atoms with Crippen LogP contribution in [-0.4, -0.2) is 39.7 Å². The maximum absolute atomic E-state index is 12.0. The normalized spacial score (nSPS) is 10.2. The number of carbonyl (C=O) groups is 1. The van der Waals surface area contributed by atoms with Crippen molar-refractivity contribution in [3.8, 4) is 0 Å². The molecule has 100 valence electrons. The Morgan fingerprint density at radius 1 is 1.42 bits per heavy atom. The van der Waals surface area contributed by atoms with Gasteiger partial charge in [0.15, 0.2) is 0 Å². The molecule has 0 saturated carbocycles. The number of aromatic nitrogens is 4. The summed E-state index contributed by atoms with van der Waals surface area (Å²) >= 11 is 0. The highest BCUT2D eigenvalue weighted by molar-refractivity contribution is 5.98. The number of nitrogens with zero attached hydrogens (tertiary/aromatic N) is 3. The maximum atomic E-state index is 12.0. The van der Waals surface area contributed by atoms with Gasteiger partial charge in [-0.3, -0.25) is 9.89 Å². The van der Waals surface area contributed by atoms with Gasteiger partial charge in [0, 0.05) is 26.2 Å². The van der Waals surface area contributed by atoms with Gasteiger partial charge < -0.3 is 10.6 Å². The first kappa shape index (κ1) is 13.0. The summed E-state index contributed by atoms with van der Waals surface area (Å²) < 4.78 is 0. The predicted octanol–water partition coefficient (Wildman–Crippen LogP) is 0.604. The van der Waals surface area contributed by atoms with Crippen molar-refractivity contribution in [3.63, 3.8) is 0 Å². The lowest BCUT2D eigenvalue weighted by atomic mass is 10.2. The SMILES string of the molecule is CNc1ncccc1C(=O)NCCCc1ncn[nH]1. The summed E-state index contributed by atoms with van der Waals surface area (Å²) in [7, 11) is 1.74. The second-order valence-corrected chi connectivity index (χ2v) is 3.94. The topological polar surface area (TPSA) is 95.6 Å². The van der Waals surface area contributed by atoms with Crippen LogP contribution in [-0.2, 0) is 6.42 Å². The molecule has 0 bridgehead atoms. The average Bonchev–Trinajstić information content (AvgIpc) is 2.96. The molecule has 0 aliphatic carbocycles. The number of H-pyrrole nitrogens is 1. The van der Waals surface area contributed by atoms with E-state index in [-0.39, 0.29) is 5.91 Å². The molecule has 0 aliphatic heterocycles. The van der Waals surface area contributed by atoms with Crippen molar-refractivity contribution in [1.29, 1.82) is 0 Å². The van der Waals surface area contributed by atoms with E-state index < -0.39 is 0 Å². The Morgan fingerprint density at radius 3 is 3.05 bits per heavy atom. The Balaban J connectivity index is 1.81. The van der Waals surface area contributed by atoms with Crippen molar-refractivity contribution < 1.29 is 4.79 Å². The van der Waals surface area contributed by atoms with Crippen molar-refractivity contribution >= 4 is 11.7 Å². The summed E-state index contributed by atoms with van der Waals surface area (Å²) in [5.41, 5.74) is 0.546. The Morgan fingerprint density at radius 2 is 2.32 bits per heavy atom. The minimum atomic E-state index is -0.130. The Labute approximate surface area is 110 Å². The molecule has 0 unspecified atom stereocenters. The number of aromatic amines is 1. The van der Waals surface area contributed by atoms with Crippen LogP contribution in [0, 0.1) is 0 Å². The van der Waals surface area contributed by atoms with Crippen molar-refractivity contribution in [2.75, 3.05) is 18.9 Å². The Kier molecular flexibility index (Phi) is 4.44. The van der Waals surface area contributed by atoms with Crippen LogP contribution in [0.4, 0.5) is 5.82 Å². The van der Waals surface area contributed by atoms with Gasteiger partial charge >= 0.3 is 0 Å². The van der Waals surface area contributed by atoms with E-state index in [2.05, 4.69) is 30.8 Å². The fourth-order valence-corrected chi connectivity index (χ4v) is 1.69. The molecule has 0 fully saturated rings. The molecule has 2 heterocycles. The van der Waals surface area contributed by atoms with Gasteiger partial charge in [-0.15, -0.1) is 0 Å². The minimum absolute atomic E-state index is 0.130. The first-order chi connectivity index (χ1) is 9.31. The third kappa shape index (κ3) is 3.51. The fraction of sp³-hybridized carbons (Fsp3) is 0.333. The van der Waals surface area contributed by atoms with Gasteiger partial charge in [-0.1, -0.05) is 0 Å². The summed E-state index contributed by atoms with van der Waals surface area (Å²) in [6.45, 7) is 0.581. The van der Waals surface area contributed by atoms with E-state index in [1.165, 1.54) is 6.33 Å². The average molecular weight is 260 g/mol. The highest BCUT2D eigenvalue weighted by atomic mass is 16.1. The number of aryl methyl sites for hydroxylation is 1. The number of hydrogen-bond acceptors (Lipinski definition) is 5. The van der Waals surface area contributed by atoms with Gasteiger partial charge in [-0.25, -0.2) is 9.97 Å². The summed E-state index contributed by atoms with van der Waals surface area (Å²) in [5, 5.41) is 12.3. The van der Waals surface area contributed by atoms with Gasteiger partial charge in [0.25, 0.3) is 5.91 Å². The summed E-state index contributed by atoms with van der Waals surface area (Å²) in [4.78, 5) is 20.1. The van der Waals surface area contributed by atoms with Crippen LogP contribution in [0.3, 0.4) is 0 Å². The molecule has 7 nitrogen and oxygen atoms in total. The number of anilines is 1. The Hall–Kier alpha value is -2.44. The summed E-state index contributed by atoms with van der Waals surface area (Å²) in [6.07, 6.45) is 4.68. The lowest BCUT2D eigenvalue weighted by molar-refractivity contribution is 0.0953. The Bertz CT molecular complexity index is 525. The zero-order valence-electron chi connectivity index (χ0n) is 10.7. The lowest BCUT2D eigenvalue weighted by Crippen LogP contribution is -2.25. The molecule has 0 radical (unpaired) electrons. The largest absolute Gasteiger partial charge is 0.372 e. The molecule has 0 atom stereocenters. The van der Waals surface area contributed by atoms with E-state index in [0.717, 1.165) is 18.7 Å². The zero-order valence-corrected chi connectivity index (χ0v) is 10.7. The summed E-state index contributed by atoms with van der Waals surface area (Å²) in [6, 6.07) is 3.48. The molecule has 3 N–H and O–H groups in total. The van der Waals surface area contributed by atoms with Gasteiger partial charge in [0.1, 0.15) is 18.0 Å². The van der Waals surface area contributed by atoms with E-state index in [4.69, 9.17) is 0 Å². The van der Waals surface area contributed by atoms with E-state index in [1.807, 2.05) is 0 Å². The minimum Gasteiger partial charge on any atom is -0.372 e. The smallest absolute Gasteiger partial charge is 0.255 e. The summed E-state index contributed by atoms with van der Waals surface area (Å²) in [5.74, 6) is 1.27. The third-order valence-electron chi connectivity index (χ3n) is 2.63. The number of amides is 1. The number of rotatable bonds is 6. The van der Waals surface area contributed by atoms with Crippen molar-refractivity contribution in [2.45, 2.75) is 12.8 Å². The molecular formula is C12H16N6O. The molecule has 2 rings (SSSR count).